The van der Waals surface area contributed by atoms with Gasteiger partial charge in [-0.25, -0.2) is 0 Å². The third-order valence-corrected chi connectivity index (χ3v) is 4.31. The van der Waals surface area contributed by atoms with Gasteiger partial charge in [0.25, 0.3) is 0 Å². The van der Waals surface area contributed by atoms with Gasteiger partial charge in [-0.2, -0.15) is 0 Å². The van der Waals surface area contributed by atoms with E-state index in [2.05, 4.69) is 36.4 Å². The average molecular weight is 291 g/mol. The van der Waals surface area contributed by atoms with E-state index in [-0.39, 0.29) is 6.04 Å². The highest BCUT2D eigenvalue weighted by Crippen LogP contribution is 2.33. The standard InChI is InChI=1S/C15H21N3OS/c1-8(2)14-15(20-18-17-14)13(16)11-6-10(4)12(19-5)7-9(11)3/h6-8,13H,16H2,1-5H3. The normalized spacial score (nSPS) is 12.8. The van der Waals surface area contributed by atoms with Crippen molar-refractivity contribution in [3.05, 3.63) is 39.4 Å². The summed E-state index contributed by atoms with van der Waals surface area (Å²) in [6, 6.07) is 3.95. The maximum absolute atomic E-state index is 6.45. The molecule has 0 aliphatic carbocycles. The third kappa shape index (κ3) is 2.69. The van der Waals surface area contributed by atoms with Crippen LogP contribution in [0.15, 0.2) is 12.1 Å². The van der Waals surface area contributed by atoms with Gasteiger partial charge in [-0.3, -0.25) is 0 Å². The van der Waals surface area contributed by atoms with Gasteiger partial charge in [0, 0.05) is 0 Å². The summed E-state index contributed by atoms with van der Waals surface area (Å²) in [7, 11) is 1.69. The van der Waals surface area contributed by atoms with Crippen LogP contribution in [0.1, 0.15) is 53.1 Å². The monoisotopic (exact) mass is 291 g/mol. The van der Waals surface area contributed by atoms with Crippen molar-refractivity contribution >= 4 is 11.5 Å². The molecule has 0 spiro atoms. The SMILES string of the molecule is COc1cc(C)c(C(N)c2snnc2C(C)C)cc1C. The highest BCUT2D eigenvalue weighted by Gasteiger charge is 2.21. The number of aryl methyl sites for hydroxylation is 2. The average Bonchev–Trinajstić information content (AvgIpc) is 2.89. The van der Waals surface area contributed by atoms with Gasteiger partial charge in [0.05, 0.1) is 23.7 Å². The van der Waals surface area contributed by atoms with Gasteiger partial charge < -0.3 is 10.5 Å². The van der Waals surface area contributed by atoms with E-state index < -0.39 is 0 Å². The molecule has 1 atom stereocenters. The third-order valence-electron chi connectivity index (χ3n) is 3.49. The van der Waals surface area contributed by atoms with Crippen molar-refractivity contribution in [2.75, 3.05) is 7.11 Å². The first-order valence-electron chi connectivity index (χ1n) is 6.68. The molecule has 0 aliphatic heterocycles. The van der Waals surface area contributed by atoms with Crippen molar-refractivity contribution < 1.29 is 4.74 Å². The van der Waals surface area contributed by atoms with Crippen LogP contribution in [0.4, 0.5) is 0 Å². The lowest BCUT2D eigenvalue weighted by Gasteiger charge is -2.17. The first kappa shape index (κ1) is 14.9. The number of hydrogen-bond donors (Lipinski definition) is 1. The zero-order valence-electron chi connectivity index (χ0n) is 12.6. The molecular weight excluding hydrogens is 270 g/mol. The van der Waals surface area contributed by atoms with Crippen LogP contribution in [-0.4, -0.2) is 16.7 Å². The predicted molar refractivity (Wildman–Crippen MR) is 82.5 cm³/mol. The number of rotatable bonds is 4. The lowest BCUT2D eigenvalue weighted by atomic mass is 9.95. The molecule has 5 heteroatoms. The first-order chi connectivity index (χ1) is 9.45. The molecule has 1 aromatic carbocycles. The Morgan fingerprint density at radius 1 is 1.20 bits per heavy atom. The molecule has 1 unspecified atom stereocenters. The number of ether oxygens (including phenoxy) is 1. The van der Waals surface area contributed by atoms with Gasteiger partial charge in [0.2, 0.25) is 0 Å². The summed E-state index contributed by atoms with van der Waals surface area (Å²) in [5.74, 6) is 1.22. The summed E-state index contributed by atoms with van der Waals surface area (Å²) in [6.45, 7) is 8.31. The molecule has 0 saturated heterocycles. The fourth-order valence-electron chi connectivity index (χ4n) is 2.33. The summed E-state index contributed by atoms with van der Waals surface area (Å²) in [6.07, 6.45) is 0. The van der Waals surface area contributed by atoms with E-state index in [4.69, 9.17) is 10.5 Å². The van der Waals surface area contributed by atoms with Gasteiger partial charge in [-0.15, -0.1) is 5.10 Å². The van der Waals surface area contributed by atoms with Gasteiger partial charge in [0.15, 0.2) is 0 Å². The van der Waals surface area contributed by atoms with Crippen molar-refractivity contribution in [3.63, 3.8) is 0 Å². The van der Waals surface area contributed by atoms with Gasteiger partial charge in [-0.1, -0.05) is 24.4 Å². The highest BCUT2D eigenvalue weighted by atomic mass is 32.1. The first-order valence-corrected chi connectivity index (χ1v) is 7.45. The molecule has 0 aliphatic rings. The second-order valence-corrected chi connectivity index (χ2v) is 6.12. The van der Waals surface area contributed by atoms with Crippen molar-refractivity contribution in [1.82, 2.24) is 9.59 Å². The number of hydrogen-bond acceptors (Lipinski definition) is 5. The number of benzene rings is 1. The maximum Gasteiger partial charge on any atom is 0.122 e. The lowest BCUT2D eigenvalue weighted by Crippen LogP contribution is -2.14. The smallest absolute Gasteiger partial charge is 0.122 e. The number of aromatic nitrogens is 2. The summed E-state index contributed by atoms with van der Waals surface area (Å²) in [5.41, 5.74) is 10.8. The molecular formula is C15H21N3OS. The minimum absolute atomic E-state index is 0.183. The van der Waals surface area contributed by atoms with Crippen LogP contribution in [0.2, 0.25) is 0 Å². The van der Waals surface area contributed by atoms with E-state index >= 15 is 0 Å². The number of methoxy groups -OCH3 is 1. The van der Waals surface area contributed by atoms with Gasteiger partial charge >= 0.3 is 0 Å². The van der Waals surface area contributed by atoms with E-state index in [1.807, 2.05) is 13.0 Å². The van der Waals surface area contributed by atoms with Crippen molar-refractivity contribution in [3.8, 4) is 5.75 Å². The molecule has 2 rings (SSSR count). The molecule has 1 heterocycles. The lowest BCUT2D eigenvalue weighted by molar-refractivity contribution is 0.411. The Kier molecular flexibility index (Phi) is 4.40. The van der Waals surface area contributed by atoms with Crippen LogP contribution in [0.5, 0.6) is 5.75 Å². The number of nitrogens with two attached hydrogens (primary N) is 1. The second kappa shape index (κ2) is 5.89. The fourth-order valence-corrected chi connectivity index (χ4v) is 3.16. The van der Waals surface area contributed by atoms with Crippen molar-refractivity contribution in [2.45, 2.75) is 39.7 Å². The molecule has 1 aromatic heterocycles. The quantitative estimate of drug-likeness (QED) is 0.938. The Labute approximate surface area is 124 Å². The van der Waals surface area contributed by atoms with Crippen LogP contribution >= 0.6 is 11.5 Å². The molecule has 0 amide bonds. The molecule has 20 heavy (non-hydrogen) atoms. The predicted octanol–water partition coefficient (Wildman–Crippen LogP) is 3.34. The molecule has 0 fully saturated rings. The minimum atomic E-state index is -0.183. The van der Waals surface area contributed by atoms with Gasteiger partial charge in [-0.05, 0) is 54.1 Å². The Morgan fingerprint density at radius 2 is 1.90 bits per heavy atom. The van der Waals surface area contributed by atoms with E-state index in [1.54, 1.807) is 7.11 Å². The maximum atomic E-state index is 6.45. The molecule has 2 aromatic rings. The van der Waals surface area contributed by atoms with E-state index in [0.717, 1.165) is 33.0 Å². The van der Waals surface area contributed by atoms with Crippen LogP contribution < -0.4 is 10.5 Å². The van der Waals surface area contributed by atoms with Crippen LogP contribution in [0.3, 0.4) is 0 Å². The van der Waals surface area contributed by atoms with Crippen LogP contribution in [0.25, 0.3) is 0 Å². The molecule has 4 nitrogen and oxygen atoms in total. The largest absolute Gasteiger partial charge is 0.496 e. The minimum Gasteiger partial charge on any atom is -0.496 e. The van der Waals surface area contributed by atoms with E-state index in [1.165, 1.54) is 11.5 Å². The Hall–Kier alpha value is -1.46. The zero-order chi connectivity index (χ0) is 14.9. The molecule has 2 N–H and O–H groups in total. The van der Waals surface area contributed by atoms with Crippen molar-refractivity contribution in [1.29, 1.82) is 0 Å². The molecule has 0 radical (unpaired) electrons. The van der Waals surface area contributed by atoms with E-state index in [0.29, 0.717) is 5.92 Å². The zero-order valence-corrected chi connectivity index (χ0v) is 13.4. The summed E-state index contributed by atoms with van der Waals surface area (Å²) in [4.78, 5) is 1.05. The molecule has 0 bridgehead atoms. The van der Waals surface area contributed by atoms with Gasteiger partial charge in [0.1, 0.15) is 5.75 Å². The molecule has 0 saturated carbocycles. The summed E-state index contributed by atoms with van der Waals surface area (Å²) < 4.78 is 9.41. The topological polar surface area (TPSA) is 61.0 Å². The Bertz CT molecular complexity index is 607. The Balaban J connectivity index is 2.45. The number of nitrogens with zero attached hydrogens (tertiary/aromatic N) is 2. The van der Waals surface area contributed by atoms with Crippen molar-refractivity contribution in [2.24, 2.45) is 5.73 Å². The summed E-state index contributed by atoms with van der Waals surface area (Å²) in [5, 5.41) is 4.21. The Morgan fingerprint density at radius 3 is 2.50 bits per heavy atom. The van der Waals surface area contributed by atoms with Crippen LogP contribution in [-0.2, 0) is 0 Å². The van der Waals surface area contributed by atoms with Crippen LogP contribution in [0, 0.1) is 13.8 Å². The summed E-state index contributed by atoms with van der Waals surface area (Å²) >= 11 is 1.39. The highest BCUT2D eigenvalue weighted by molar-refractivity contribution is 7.05. The van der Waals surface area contributed by atoms with E-state index in [9.17, 15) is 0 Å². The molecule has 108 valence electrons. The fraction of sp³-hybridized carbons (Fsp3) is 0.467. The second-order valence-electron chi connectivity index (χ2n) is 5.33.